The summed E-state index contributed by atoms with van der Waals surface area (Å²) in [6, 6.07) is 12.8. The van der Waals surface area contributed by atoms with Gasteiger partial charge in [-0.05, 0) is 50.5 Å². The number of amides is 1. The van der Waals surface area contributed by atoms with E-state index < -0.39 is 0 Å². The smallest absolute Gasteiger partial charge is 0.244 e. The Morgan fingerprint density at radius 3 is 2.57 bits per heavy atom. The molecule has 0 saturated heterocycles. The van der Waals surface area contributed by atoms with E-state index in [1.807, 2.05) is 16.7 Å². The third-order valence-electron chi connectivity index (χ3n) is 5.49. The van der Waals surface area contributed by atoms with Gasteiger partial charge in [-0.25, -0.2) is 4.98 Å². The van der Waals surface area contributed by atoms with E-state index in [1.165, 1.54) is 30.4 Å². The number of hydrogen-bond donors (Lipinski definition) is 1. The zero-order valence-corrected chi connectivity index (χ0v) is 16.6. The quantitative estimate of drug-likeness (QED) is 0.648. The Labute approximate surface area is 166 Å². The van der Waals surface area contributed by atoms with Crippen LogP contribution >= 0.6 is 0 Å². The Balaban J connectivity index is 1.67. The van der Waals surface area contributed by atoms with E-state index in [9.17, 15) is 4.79 Å². The van der Waals surface area contributed by atoms with Crippen LogP contribution < -0.4 is 5.32 Å². The van der Waals surface area contributed by atoms with Crippen LogP contribution in [0.25, 0.3) is 23.0 Å². The Morgan fingerprint density at radius 2 is 1.82 bits per heavy atom. The molecule has 0 spiro atoms. The third kappa shape index (κ3) is 4.01. The van der Waals surface area contributed by atoms with Crippen molar-refractivity contribution in [3.05, 3.63) is 65.5 Å². The molecule has 1 aliphatic rings. The molecule has 0 bridgehead atoms. The number of imidazole rings is 1. The molecule has 2 heterocycles. The lowest BCUT2D eigenvalue weighted by Gasteiger charge is -2.21. The van der Waals surface area contributed by atoms with E-state index in [4.69, 9.17) is 4.98 Å². The van der Waals surface area contributed by atoms with Crippen molar-refractivity contribution in [2.24, 2.45) is 0 Å². The molecule has 1 N–H and O–H groups in total. The van der Waals surface area contributed by atoms with Crippen LogP contribution in [0.15, 0.2) is 48.7 Å². The van der Waals surface area contributed by atoms with Gasteiger partial charge in [-0.3, -0.25) is 9.20 Å². The van der Waals surface area contributed by atoms with E-state index in [-0.39, 0.29) is 5.91 Å². The van der Waals surface area contributed by atoms with Crippen molar-refractivity contribution in [2.45, 2.75) is 52.0 Å². The SMILES string of the molecule is Cc1ccc(-c2nc3cc(C)ccn3c2/C=C/C(=O)NC2CCCCC2)cc1. The highest BCUT2D eigenvalue weighted by Gasteiger charge is 2.15. The Kier molecular flexibility index (Phi) is 5.29. The van der Waals surface area contributed by atoms with Crippen molar-refractivity contribution in [2.75, 3.05) is 0 Å². The van der Waals surface area contributed by atoms with Gasteiger partial charge in [0.15, 0.2) is 0 Å². The summed E-state index contributed by atoms with van der Waals surface area (Å²) in [6.07, 6.45) is 11.4. The molecule has 28 heavy (non-hydrogen) atoms. The highest BCUT2D eigenvalue weighted by molar-refractivity contribution is 5.93. The van der Waals surface area contributed by atoms with Crippen LogP contribution in [0, 0.1) is 13.8 Å². The third-order valence-corrected chi connectivity index (χ3v) is 5.49. The first-order valence-corrected chi connectivity index (χ1v) is 10.1. The van der Waals surface area contributed by atoms with Crippen LogP contribution in [-0.2, 0) is 4.79 Å². The molecule has 3 aromatic rings. The Bertz CT molecular complexity index is 1010. The second-order valence-electron chi connectivity index (χ2n) is 7.82. The van der Waals surface area contributed by atoms with Crippen molar-refractivity contribution < 1.29 is 4.79 Å². The van der Waals surface area contributed by atoms with Crippen molar-refractivity contribution >= 4 is 17.6 Å². The lowest BCUT2D eigenvalue weighted by Crippen LogP contribution is -2.34. The molecule has 1 amide bonds. The molecule has 1 aliphatic carbocycles. The molecule has 0 unspecified atom stereocenters. The maximum Gasteiger partial charge on any atom is 0.244 e. The topological polar surface area (TPSA) is 46.4 Å². The van der Waals surface area contributed by atoms with Gasteiger partial charge in [-0.1, -0.05) is 49.1 Å². The molecule has 2 aromatic heterocycles. The minimum absolute atomic E-state index is 0.0242. The van der Waals surface area contributed by atoms with Crippen LogP contribution in [0.2, 0.25) is 0 Å². The van der Waals surface area contributed by atoms with E-state index in [0.29, 0.717) is 6.04 Å². The maximum atomic E-state index is 12.5. The molecule has 0 aliphatic heterocycles. The summed E-state index contributed by atoms with van der Waals surface area (Å²) < 4.78 is 2.05. The minimum Gasteiger partial charge on any atom is -0.350 e. The largest absolute Gasteiger partial charge is 0.350 e. The van der Waals surface area contributed by atoms with Crippen LogP contribution in [0.1, 0.15) is 48.9 Å². The molecule has 0 radical (unpaired) electrons. The number of aryl methyl sites for hydroxylation is 2. The number of nitrogens with zero attached hydrogens (tertiary/aromatic N) is 2. The Morgan fingerprint density at radius 1 is 1.07 bits per heavy atom. The molecule has 144 valence electrons. The fourth-order valence-electron chi connectivity index (χ4n) is 3.90. The molecule has 1 saturated carbocycles. The van der Waals surface area contributed by atoms with Crippen LogP contribution in [0.3, 0.4) is 0 Å². The van der Waals surface area contributed by atoms with Crippen molar-refractivity contribution in [1.29, 1.82) is 0 Å². The van der Waals surface area contributed by atoms with Gasteiger partial charge < -0.3 is 5.32 Å². The minimum atomic E-state index is -0.0242. The fraction of sp³-hybridized carbons (Fsp3) is 0.333. The standard InChI is InChI=1S/C24H27N3O/c1-17-8-10-19(11-9-17)24-21(27-15-14-18(2)16-22(27)26-24)12-13-23(28)25-20-6-4-3-5-7-20/h8-16,20H,3-7H2,1-2H3,(H,25,28)/b13-12+. The summed E-state index contributed by atoms with van der Waals surface area (Å²) in [6.45, 7) is 4.14. The summed E-state index contributed by atoms with van der Waals surface area (Å²) >= 11 is 0. The number of fused-ring (bicyclic) bond motifs is 1. The summed E-state index contributed by atoms with van der Waals surface area (Å²) in [5.74, 6) is -0.0242. The van der Waals surface area contributed by atoms with Gasteiger partial charge in [0, 0.05) is 23.9 Å². The molecular weight excluding hydrogens is 346 g/mol. The number of aromatic nitrogens is 2. The molecule has 0 atom stereocenters. The number of benzene rings is 1. The van der Waals surface area contributed by atoms with E-state index in [2.05, 4.69) is 55.6 Å². The molecule has 1 fully saturated rings. The summed E-state index contributed by atoms with van der Waals surface area (Å²) in [5, 5.41) is 3.15. The van der Waals surface area contributed by atoms with Gasteiger partial charge in [0.25, 0.3) is 0 Å². The lowest BCUT2D eigenvalue weighted by atomic mass is 9.95. The molecule has 4 heteroatoms. The van der Waals surface area contributed by atoms with Crippen LogP contribution in [0.4, 0.5) is 0 Å². The van der Waals surface area contributed by atoms with Gasteiger partial charge in [-0.2, -0.15) is 0 Å². The molecular formula is C24H27N3O. The first kappa shape index (κ1) is 18.5. The summed E-state index contributed by atoms with van der Waals surface area (Å²) in [4.78, 5) is 17.3. The second kappa shape index (κ2) is 8.01. The number of pyridine rings is 1. The van der Waals surface area contributed by atoms with Gasteiger partial charge in [0.1, 0.15) is 5.65 Å². The second-order valence-corrected chi connectivity index (χ2v) is 7.82. The predicted molar refractivity (Wildman–Crippen MR) is 114 cm³/mol. The number of hydrogen-bond acceptors (Lipinski definition) is 2. The summed E-state index contributed by atoms with van der Waals surface area (Å²) in [7, 11) is 0. The average molecular weight is 374 g/mol. The summed E-state index contributed by atoms with van der Waals surface area (Å²) in [5.41, 5.74) is 6.15. The highest BCUT2D eigenvalue weighted by atomic mass is 16.1. The zero-order valence-electron chi connectivity index (χ0n) is 16.6. The molecule has 1 aromatic carbocycles. The Hall–Kier alpha value is -2.88. The zero-order chi connectivity index (χ0) is 19.5. The predicted octanol–water partition coefficient (Wildman–Crippen LogP) is 5.08. The lowest BCUT2D eigenvalue weighted by molar-refractivity contribution is -0.117. The van der Waals surface area contributed by atoms with E-state index >= 15 is 0 Å². The average Bonchev–Trinajstić information content (AvgIpc) is 3.05. The highest BCUT2D eigenvalue weighted by Crippen LogP contribution is 2.26. The number of rotatable bonds is 4. The van der Waals surface area contributed by atoms with Gasteiger partial charge in [-0.15, -0.1) is 0 Å². The van der Waals surface area contributed by atoms with Crippen LogP contribution in [-0.4, -0.2) is 21.3 Å². The van der Waals surface area contributed by atoms with Gasteiger partial charge >= 0.3 is 0 Å². The van der Waals surface area contributed by atoms with Crippen molar-refractivity contribution in [3.8, 4) is 11.3 Å². The molecule has 4 rings (SSSR count). The molecule has 4 nitrogen and oxygen atoms in total. The first-order chi connectivity index (χ1) is 13.6. The normalized spacial score (nSPS) is 15.4. The monoisotopic (exact) mass is 373 g/mol. The van der Waals surface area contributed by atoms with Crippen LogP contribution in [0.5, 0.6) is 0 Å². The van der Waals surface area contributed by atoms with Crippen molar-refractivity contribution in [3.63, 3.8) is 0 Å². The van der Waals surface area contributed by atoms with E-state index in [1.54, 1.807) is 6.08 Å². The number of carbonyl (C=O) groups is 1. The maximum absolute atomic E-state index is 12.5. The van der Waals surface area contributed by atoms with Gasteiger partial charge in [0.05, 0.1) is 11.4 Å². The fourth-order valence-corrected chi connectivity index (χ4v) is 3.90. The van der Waals surface area contributed by atoms with Crippen molar-refractivity contribution in [1.82, 2.24) is 14.7 Å². The van der Waals surface area contributed by atoms with Gasteiger partial charge in [0.2, 0.25) is 5.91 Å². The first-order valence-electron chi connectivity index (χ1n) is 10.1. The van der Waals surface area contributed by atoms with E-state index in [0.717, 1.165) is 35.4 Å². The number of carbonyl (C=O) groups excluding carboxylic acids is 1. The number of nitrogens with one attached hydrogen (secondary N) is 1.